The lowest BCUT2D eigenvalue weighted by Gasteiger charge is -2.39. The molecule has 0 radical (unpaired) electrons. The van der Waals surface area contributed by atoms with E-state index in [0.29, 0.717) is 60.4 Å². The number of rotatable bonds is 14. The van der Waals surface area contributed by atoms with Gasteiger partial charge in [0.25, 0.3) is 0 Å². The van der Waals surface area contributed by atoms with E-state index in [9.17, 15) is 40.7 Å². The predicted octanol–water partition coefficient (Wildman–Crippen LogP) is 12.7. The molecule has 6 aromatic carbocycles. The molecule has 0 aromatic heterocycles. The Balaban J connectivity index is 0.000000134. The second kappa shape index (κ2) is 31.3. The minimum atomic E-state index is -4.90. The number of alkyl halides is 6. The number of hydrogen-bond acceptors (Lipinski definition) is 13. The molecule has 100 heavy (non-hydrogen) atoms. The normalized spacial score (nSPS) is 26.0. The first-order chi connectivity index (χ1) is 48.3. The van der Waals surface area contributed by atoms with E-state index in [4.69, 9.17) is 30.0 Å². The number of carbonyl (C=O) groups excluding carboxylic acids is 3. The number of benzene rings is 6. The molecule has 9 aliphatic rings. The van der Waals surface area contributed by atoms with E-state index in [1.807, 2.05) is 91.0 Å². The van der Waals surface area contributed by atoms with E-state index in [2.05, 4.69) is 75.0 Å². The smallest absolute Gasteiger partial charge is 0.373 e. The fraction of sp³-hybridized carbons (Fsp3) is 0.468. The Labute approximate surface area is 581 Å². The molecule has 6 aromatic rings. The second-order valence-corrected chi connectivity index (χ2v) is 28.5. The van der Waals surface area contributed by atoms with Gasteiger partial charge in [0.2, 0.25) is 0 Å². The topological polar surface area (TPSA) is 187 Å². The highest BCUT2D eigenvalue weighted by molar-refractivity contribution is 5.84. The number of nitrogens with one attached hydrogen (secondary N) is 2. The Morgan fingerprint density at radius 3 is 1.26 bits per heavy atom. The van der Waals surface area contributed by atoms with Crippen LogP contribution in [0.2, 0.25) is 0 Å². The first kappa shape index (κ1) is 71.5. The van der Waals surface area contributed by atoms with Gasteiger partial charge in [-0.25, -0.2) is 0 Å². The average molecular weight is 1370 g/mol. The molecule has 3 saturated carbocycles. The minimum Gasteiger partial charge on any atom is -0.373 e. The van der Waals surface area contributed by atoms with Crippen molar-refractivity contribution in [2.45, 2.75) is 173 Å². The van der Waals surface area contributed by atoms with Crippen LogP contribution < -0.4 is 10.6 Å². The Kier molecular flexibility index (Phi) is 22.4. The van der Waals surface area contributed by atoms with Gasteiger partial charge in [0.15, 0.2) is 0 Å². The number of hydrogen-bond donors (Lipinski definition) is 2. The van der Waals surface area contributed by atoms with Crippen LogP contribution in [0, 0.1) is 34.0 Å². The largest absolute Gasteiger partial charge is 0.471 e. The molecule has 15 nitrogen and oxygen atoms in total. The molecule has 6 saturated heterocycles. The number of halogens is 6. The maximum absolute atomic E-state index is 13.6. The van der Waals surface area contributed by atoms with Crippen molar-refractivity contribution in [1.29, 1.82) is 15.8 Å². The second-order valence-electron chi connectivity index (χ2n) is 28.5. The number of carbonyl (C=O) groups is 3. The van der Waals surface area contributed by atoms with Crippen molar-refractivity contribution < 1.29 is 54.9 Å². The first-order valence-corrected chi connectivity index (χ1v) is 35.0. The van der Waals surface area contributed by atoms with Crippen molar-refractivity contribution in [1.82, 2.24) is 30.2 Å². The van der Waals surface area contributed by atoms with Gasteiger partial charge in [-0.05, 0) is 154 Å². The van der Waals surface area contributed by atoms with Crippen LogP contribution >= 0.6 is 0 Å². The Morgan fingerprint density at radius 2 is 0.870 bits per heavy atom. The molecule has 6 aliphatic heterocycles. The predicted molar refractivity (Wildman–Crippen MR) is 363 cm³/mol. The van der Waals surface area contributed by atoms with Gasteiger partial charge < -0.3 is 34.6 Å². The lowest BCUT2D eigenvalue weighted by molar-refractivity contribution is -0.188. The van der Waals surface area contributed by atoms with Gasteiger partial charge in [-0.2, -0.15) is 42.1 Å². The van der Waals surface area contributed by atoms with Gasteiger partial charge in [0, 0.05) is 86.8 Å². The number of nitrogens with zero attached hydrogens (tertiary/aromatic N) is 7. The molecule has 6 heterocycles. The summed E-state index contributed by atoms with van der Waals surface area (Å²) in [4.78, 5) is 41.8. The van der Waals surface area contributed by atoms with Crippen molar-refractivity contribution in [3.05, 3.63) is 214 Å². The summed E-state index contributed by atoms with van der Waals surface area (Å²) in [6.07, 6.45) is 0.718. The number of aldehydes is 1. The quantitative estimate of drug-likeness (QED) is 0.0775. The monoisotopic (exact) mass is 1370 g/mol. The lowest BCUT2D eigenvalue weighted by atomic mass is 9.86. The molecular formula is C79H85F6N9O6. The van der Waals surface area contributed by atoms with Gasteiger partial charge in [-0.1, -0.05) is 127 Å². The van der Waals surface area contributed by atoms with Crippen LogP contribution in [0.3, 0.4) is 0 Å². The SMILES string of the molecule is N#Cc1ccc(C=O)cc1.N#Cc1ccc(CN2CCC3(CC2)CC(N(C(=O)C(F)(F)F)[C@@H]2C[C@H]2c2ccccc2)CO3)cc1.N#Cc1ccc(CN2CCC3(CC2)CC(N[C@@H]2C[C@H]2c2ccccc2)CO3)cc1.O=C(N(C1COC2(CCNCC2)C1)[C@@H]1C[C@H]1c1ccccc1)C(F)(F)F. The highest BCUT2D eigenvalue weighted by atomic mass is 19.4. The molecule has 3 aliphatic carbocycles. The van der Waals surface area contributed by atoms with Crippen molar-refractivity contribution in [2.75, 3.05) is 59.1 Å². The van der Waals surface area contributed by atoms with Gasteiger partial charge in [0.05, 0.1) is 83.6 Å². The zero-order chi connectivity index (χ0) is 70.1. The van der Waals surface area contributed by atoms with E-state index in [1.54, 1.807) is 36.4 Å². The highest BCUT2D eigenvalue weighted by Gasteiger charge is 2.59. The van der Waals surface area contributed by atoms with Crippen molar-refractivity contribution in [3.8, 4) is 18.2 Å². The van der Waals surface area contributed by atoms with Crippen molar-refractivity contribution in [2.24, 2.45) is 0 Å². The van der Waals surface area contributed by atoms with Crippen LogP contribution in [0.25, 0.3) is 0 Å². The van der Waals surface area contributed by atoms with Crippen LogP contribution in [0.5, 0.6) is 0 Å². The molecule has 2 N–H and O–H groups in total. The third-order valence-corrected chi connectivity index (χ3v) is 21.7. The molecule has 15 rings (SSSR count). The zero-order valence-electron chi connectivity index (χ0n) is 56.0. The molecule has 9 fully saturated rings. The fourth-order valence-electron chi connectivity index (χ4n) is 15.9. The molecule has 0 bridgehead atoms. The third-order valence-electron chi connectivity index (χ3n) is 21.7. The number of amides is 2. The third kappa shape index (κ3) is 17.9. The van der Waals surface area contributed by atoms with Crippen LogP contribution in [0.4, 0.5) is 26.3 Å². The number of piperidine rings is 3. The van der Waals surface area contributed by atoms with E-state index < -0.39 is 53.9 Å². The van der Waals surface area contributed by atoms with Crippen molar-refractivity contribution >= 4 is 18.1 Å². The minimum absolute atomic E-state index is 0.0212. The molecular weight excluding hydrogens is 1280 g/mol. The molecule has 3 spiro atoms. The Morgan fingerprint density at radius 1 is 0.500 bits per heavy atom. The zero-order valence-corrected chi connectivity index (χ0v) is 56.0. The Bertz CT molecular complexity index is 3850. The maximum atomic E-state index is 13.6. The summed E-state index contributed by atoms with van der Waals surface area (Å²) in [5.74, 6) is -2.87. The van der Waals surface area contributed by atoms with E-state index >= 15 is 0 Å². The fourth-order valence-corrected chi connectivity index (χ4v) is 15.9. The lowest BCUT2D eigenvalue weighted by Crippen LogP contribution is -2.50. The van der Waals surface area contributed by atoms with Crippen LogP contribution in [0.1, 0.15) is 150 Å². The maximum Gasteiger partial charge on any atom is 0.471 e. The summed E-state index contributed by atoms with van der Waals surface area (Å²) in [6, 6.07) is 57.3. The molecule has 3 unspecified atom stereocenters. The standard InChI is InChI=1S/C27H28F3N3O2.C25H29N3O.C19H23F3N2O2.C8H5NO/c28-27(29,30)25(34)33(24-14-23(24)21-4-2-1-3-5-21)22-15-26(35-18-22)10-12-32(13-11-26)17-20-8-6-19(16-31)7-9-20;26-16-19-6-8-20(9-7-19)17-28-12-10-25(11-13-28)15-22(18-29-25)27-24-14-23(24)21-4-2-1-3-5-21;20-19(21,22)17(25)24(16-10-15(16)13-4-2-1-3-5-13)14-11-18(26-12-14)6-8-23-9-7-18;9-5-7-1-3-8(6-10)4-2-7/h1-9,22-24H,10-15,17-18H2;1-9,22-24,27H,10-15,17-18H2;1-5,14-16,23H,6-12H2;1-4,6H/t2*22?,23-,24+;14?,15-,16+;/m000./s1. The molecule has 9 atom stereocenters. The molecule has 21 heteroatoms. The first-order valence-electron chi connectivity index (χ1n) is 35.0. The van der Waals surface area contributed by atoms with E-state index in [1.165, 1.54) is 17.5 Å². The summed E-state index contributed by atoms with van der Waals surface area (Å²) < 4.78 is 98.9. The van der Waals surface area contributed by atoms with Gasteiger partial charge in [-0.15, -0.1) is 0 Å². The summed E-state index contributed by atoms with van der Waals surface area (Å²) in [5.41, 5.74) is 7.59. The molecule has 2 amide bonds. The van der Waals surface area contributed by atoms with E-state index in [0.717, 1.165) is 142 Å². The molecule has 524 valence electrons. The highest BCUT2D eigenvalue weighted by Crippen LogP contribution is 2.51. The summed E-state index contributed by atoms with van der Waals surface area (Å²) in [6.45, 7) is 8.24. The van der Waals surface area contributed by atoms with Gasteiger partial charge in [-0.3, -0.25) is 24.2 Å². The summed E-state index contributed by atoms with van der Waals surface area (Å²) >= 11 is 0. The number of nitriles is 3. The number of likely N-dealkylation sites (tertiary alicyclic amines) is 2. The number of ether oxygens (including phenoxy) is 3. The van der Waals surface area contributed by atoms with E-state index in [-0.39, 0.29) is 36.3 Å². The summed E-state index contributed by atoms with van der Waals surface area (Å²) in [7, 11) is 0. The summed E-state index contributed by atoms with van der Waals surface area (Å²) in [5, 5.41) is 33.4. The van der Waals surface area contributed by atoms with Gasteiger partial charge >= 0.3 is 24.2 Å². The van der Waals surface area contributed by atoms with Crippen molar-refractivity contribution in [3.63, 3.8) is 0 Å². The average Bonchev–Trinajstić information content (AvgIpc) is 1.60. The van der Waals surface area contributed by atoms with Crippen LogP contribution in [-0.4, -0.2) is 162 Å². The van der Waals surface area contributed by atoms with Crippen LogP contribution in [0.15, 0.2) is 164 Å². The van der Waals surface area contributed by atoms with Crippen LogP contribution in [-0.2, 0) is 36.9 Å². The van der Waals surface area contributed by atoms with Gasteiger partial charge in [0.1, 0.15) is 6.29 Å². The Hall–Kier alpha value is -8.30.